The summed E-state index contributed by atoms with van der Waals surface area (Å²) in [5.41, 5.74) is 2.24. The number of para-hydroxylation sites is 2. The van der Waals surface area contributed by atoms with Gasteiger partial charge in [0.25, 0.3) is 0 Å². The second-order valence-electron chi connectivity index (χ2n) is 5.60. The first-order valence-corrected chi connectivity index (χ1v) is 8.15. The summed E-state index contributed by atoms with van der Waals surface area (Å²) in [6.45, 7) is 0.448. The number of rotatable bonds is 6. The number of carbonyl (C=O) groups excluding carboxylic acids is 1. The van der Waals surface area contributed by atoms with Gasteiger partial charge in [-0.05, 0) is 35.4 Å². The standard InChI is InChI=1S/C21H18FNO3/c22-18-12-10-17(11-13-18)14-25-20-9-5-4-8-19(20)23-21(24)26-15-16-6-2-1-3-7-16/h1-13H,14-15H2,(H,23,24). The molecule has 3 aromatic rings. The van der Waals surface area contributed by atoms with Crippen molar-refractivity contribution in [2.45, 2.75) is 13.2 Å². The SMILES string of the molecule is O=C(Nc1ccccc1OCc1ccc(F)cc1)OCc1ccccc1. The van der Waals surface area contributed by atoms with Crippen molar-refractivity contribution in [1.82, 2.24) is 0 Å². The van der Waals surface area contributed by atoms with Crippen molar-refractivity contribution in [3.8, 4) is 5.75 Å². The first-order chi connectivity index (χ1) is 12.7. The topological polar surface area (TPSA) is 47.6 Å². The number of hydrogen-bond donors (Lipinski definition) is 1. The van der Waals surface area contributed by atoms with E-state index in [0.717, 1.165) is 11.1 Å². The van der Waals surface area contributed by atoms with Gasteiger partial charge >= 0.3 is 6.09 Å². The van der Waals surface area contributed by atoms with E-state index in [1.54, 1.807) is 36.4 Å². The fraction of sp³-hybridized carbons (Fsp3) is 0.0952. The average Bonchev–Trinajstić information content (AvgIpc) is 2.68. The fourth-order valence-electron chi connectivity index (χ4n) is 2.31. The smallest absolute Gasteiger partial charge is 0.412 e. The highest BCUT2D eigenvalue weighted by molar-refractivity contribution is 5.86. The Morgan fingerprint density at radius 3 is 2.23 bits per heavy atom. The Bertz CT molecular complexity index is 851. The second kappa shape index (κ2) is 8.67. The molecule has 0 atom stereocenters. The molecular weight excluding hydrogens is 333 g/mol. The number of amides is 1. The summed E-state index contributed by atoms with van der Waals surface area (Å²) in [6, 6.07) is 22.6. The van der Waals surface area contributed by atoms with Crippen LogP contribution < -0.4 is 10.1 Å². The van der Waals surface area contributed by atoms with Crippen molar-refractivity contribution in [2.75, 3.05) is 5.32 Å². The lowest BCUT2D eigenvalue weighted by Crippen LogP contribution is -2.14. The van der Waals surface area contributed by atoms with E-state index in [9.17, 15) is 9.18 Å². The van der Waals surface area contributed by atoms with Crippen LogP contribution in [0.1, 0.15) is 11.1 Å². The predicted molar refractivity (Wildman–Crippen MR) is 97.4 cm³/mol. The predicted octanol–water partition coefficient (Wildman–Crippen LogP) is 5.15. The minimum Gasteiger partial charge on any atom is -0.487 e. The first kappa shape index (κ1) is 17.5. The molecule has 3 aromatic carbocycles. The normalized spacial score (nSPS) is 10.2. The fourth-order valence-corrected chi connectivity index (χ4v) is 2.31. The Morgan fingerprint density at radius 2 is 1.46 bits per heavy atom. The molecule has 0 spiro atoms. The third-order valence-corrected chi connectivity index (χ3v) is 3.64. The lowest BCUT2D eigenvalue weighted by molar-refractivity contribution is 0.155. The third-order valence-electron chi connectivity index (χ3n) is 3.64. The van der Waals surface area contributed by atoms with Gasteiger partial charge in [0, 0.05) is 0 Å². The van der Waals surface area contributed by atoms with Crippen molar-refractivity contribution in [3.05, 3.63) is 95.8 Å². The molecule has 0 aliphatic carbocycles. The lowest BCUT2D eigenvalue weighted by atomic mass is 10.2. The van der Waals surface area contributed by atoms with Crippen LogP contribution in [-0.4, -0.2) is 6.09 Å². The molecule has 5 heteroatoms. The molecule has 1 N–H and O–H groups in total. The van der Waals surface area contributed by atoms with Gasteiger partial charge in [0.05, 0.1) is 5.69 Å². The lowest BCUT2D eigenvalue weighted by Gasteiger charge is -2.13. The van der Waals surface area contributed by atoms with Crippen LogP contribution in [0.2, 0.25) is 0 Å². The van der Waals surface area contributed by atoms with Crippen LogP contribution in [0.5, 0.6) is 5.75 Å². The van der Waals surface area contributed by atoms with Crippen molar-refractivity contribution in [3.63, 3.8) is 0 Å². The zero-order valence-electron chi connectivity index (χ0n) is 14.0. The maximum Gasteiger partial charge on any atom is 0.412 e. The quantitative estimate of drug-likeness (QED) is 0.668. The third kappa shape index (κ3) is 5.08. The van der Waals surface area contributed by atoms with E-state index in [-0.39, 0.29) is 19.0 Å². The first-order valence-electron chi connectivity index (χ1n) is 8.15. The number of nitrogens with one attached hydrogen (secondary N) is 1. The van der Waals surface area contributed by atoms with Gasteiger partial charge in [-0.15, -0.1) is 0 Å². The molecule has 0 aliphatic heterocycles. The summed E-state index contributed by atoms with van der Waals surface area (Å²) < 4.78 is 23.9. The molecule has 0 fully saturated rings. The minimum absolute atomic E-state index is 0.186. The molecule has 132 valence electrons. The maximum atomic E-state index is 13.0. The van der Waals surface area contributed by atoms with E-state index < -0.39 is 6.09 Å². The van der Waals surface area contributed by atoms with Crippen LogP contribution in [0.15, 0.2) is 78.9 Å². The maximum absolute atomic E-state index is 13.0. The molecule has 4 nitrogen and oxygen atoms in total. The molecule has 0 aliphatic rings. The number of hydrogen-bond acceptors (Lipinski definition) is 3. The number of anilines is 1. The van der Waals surface area contributed by atoms with Crippen LogP contribution in [0.3, 0.4) is 0 Å². The van der Waals surface area contributed by atoms with E-state index in [1.807, 2.05) is 30.3 Å². The van der Waals surface area contributed by atoms with E-state index in [0.29, 0.717) is 11.4 Å². The van der Waals surface area contributed by atoms with Crippen LogP contribution in [0, 0.1) is 5.82 Å². The van der Waals surface area contributed by atoms with Crippen LogP contribution in [0.4, 0.5) is 14.9 Å². The largest absolute Gasteiger partial charge is 0.487 e. The summed E-state index contributed by atoms with van der Waals surface area (Å²) in [6.07, 6.45) is -0.563. The summed E-state index contributed by atoms with van der Waals surface area (Å²) >= 11 is 0. The van der Waals surface area contributed by atoms with Crippen molar-refractivity contribution in [1.29, 1.82) is 0 Å². The van der Waals surface area contributed by atoms with Crippen LogP contribution in [0.25, 0.3) is 0 Å². The number of halogens is 1. The van der Waals surface area contributed by atoms with E-state index in [1.165, 1.54) is 12.1 Å². The molecule has 0 bridgehead atoms. The highest BCUT2D eigenvalue weighted by Gasteiger charge is 2.09. The number of ether oxygens (including phenoxy) is 2. The molecule has 0 saturated carbocycles. The molecule has 3 rings (SSSR count). The van der Waals surface area contributed by atoms with Crippen molar-refractivity contribution >= 4 is 11.8 Å². The molecule has 0 unspecified atom stereocenters. The molecular formula is C21H18FNO3. The van der Waals surface area contributed by atoms with Crippen molar-refractivity contribution < 1.29 is 18.7 Å². The summed E-state index contributed by atoms with van der Waals surface area (Å²) in [4.78, 5) is 12.0. The molecule has 0 heterocycles. The van der Waals surface area contributed by atoms with Gasteiger partial charge in [0.15, 0.2) is 0 Å². The Hall–Kier alpha value is -3.34. The van der Waals surface area contributed by atoms with E-state index in [4.69, 9.17) is 9.47 Å². The van der Waals surface area contributed by atoms with Gasteiger partial charge in [0.2, 0.25) is 0 Å². The van der Waals surface area contributed by atoms with E-state index in [2.05, 4.69) is 5.32 Å². The number of benzene rings is 3. The van der Waals surface area contributed by atoms with Gasteiger partial charge in [-0.1, -0.05) is 54.6 Å². The summed E-state index contributed by atoms with van der Waals surface area (Å²) in [7, 11) is 0. The van der Waals surface area contributed by atoms with Gasteiger partial charge in [-0.25, -0.2) is 9.18 Å². The van der Waals surface area contributed by atoms with E-state index >= 15 is 0 Å². The molecule has 0 aromatic heterocycles. The Morgan fingerprint density at radius 1 is 0.808 bits per heavy atom. The molecule has 0 saturated heterocycles. The number of carbonyl (C=O) groups is 1. The van der Waals surface area contributed by atoms with Gasteiger partial charge in [-0.2, -0.15) is 0 Å². The monoisotopic (exact) mass is 351 g/mol. The van der Waals surface area contributed by atoms with Crippen LogP contribution >= 0.6 is 0 Å². The average molecular weight is 351 g/mol. The highest BCUT2D eigenvalue weighted by Crippen LogP contribution is 2.25. The van der Waals surface area contributed by atoms with Gasteiger partial charge < -0.3 is 9.47 Å². The zero-order chi connectivity index (χ0) is 18.2. The minimum atomic E-state index is -0.563. The Labute approximate surface area is 151 Å². The summed E-state index contributed by atoms with van der Waals surface area (Å²) in [5.74, 6) is 0.213. The molecule has 1 amide bonds. The zero-order valence-corrected chi connectivity index (χ0v) is 14.0. The Balaban J connectivity index is 1.57. The second-order valence-corrected chi connectivity index (χ2v) is 5.60. The van der Waals surface area contributed by atoms with Crippen molar-refractivity contribution in [2.24, 2.45) is 0 Å². The molecule has 0 radical (unpaired) electrons. The van der Waals surface area contributed by atoms with Crippen LogP contribution in [-0.2, 0) is 18.0 Å². The van der Waals surface area contributed by atoms with Gasteiger partial charge in [0.1, 0.15) is 24.8 Å². The highest BCUT2D eigenvalue weighted by atomic mass is 19.1. The molecule has 26 heavy (non-hydrogen) atoms. The Kier molecular flexibility index (Phi) is 5.83. The van der Waals surface area contributed by atoms with Gasteiger partial charge in [-0.3, -0.25) is 5.32 Å². The summed E-state index contributed by atoms with van der Waals surface area (Å²) in [5, 5.41) is 2.68.